The van der Waals surface area contributed by atoms with Crippen molar-refractivity contribution in [3.63, 3.8) is 0 Å². The zero-order valence-corrected chi connectivity index (χ0v) is 11.8. The average molecular weight is 297 g/mol. The van der Waals surface area contributed by atoms with Crippen molar-refractivity contribution < 1.29 is 27.8 Å². The van der Waals surface area contributed by atoms with Crippen molar-refractivity contribution in [2.45, 2.75) is 26.4 Å². The van der Waals surface area contributed by atoms with Crippen LogP contribution < -0.4 is 0 Å². The molecule has 1 aliphatic heterocycles. The van der Waals surface area contributed by atoms with Crippen LogP contribution in [0, 0.1) is 17.8 Å². The Balaban J connectivity index is 2.37. The Hall–Kier alpha value is -0.820. The van der Waals surface area contributed by atoms with Crippen LogP contribution in [0.15, 0.2) is 0 Å². The van der Waals surface area contributed by atoms with Crippen molar-refractivity contribution in [3.05, 3.63) is 0 Å². The minimum atomic E-state index is -4.46. The molecule has 0 spiro atoms. The molecule has 0 aromatic heterocycles. The van der Waals surface area contributed by atoms with Gasteiger partial charge in [-0.05, 0) is 12.3 Å². The molecule has 0 aromatic carbocycles. The molecule has 0 bridgehead atoms. The molecule has 4 nitrogen and oxygen atoms in total. The van der Waals surface area contributed by atoms with Crippen molar-refractivity contribution in [2.24, 2.45) is 17.8 Å². The van der Waals surface area contributed by atoms with Crippen molar-refractivity contribution >= 4 is 5.97 Å². The van der Waals surface area contributed by atoms with E-state index in [1.165, 1.54) is 4.90 Å². The summed E-state index contributed by atoms with van der Waals surface area (Å²) in [7, 11) is 0. The first-order valence-electron chi connectivity index (χ1n) is 6.81. The molecule has 1 rings (SSSR count). The van der Waals surface area contributed by atoms with Crippen LogP contribution in [-0.2, 0) is 9.53 Å². The molecule has 1 N–H and O–H groups in total. The van der Waals surface area contributed by atoms with Gasteiger partial charge in [-0.3, -0.25) is 9.69 Å². The molecule has 1 heterocycles. The highest BCUT2D eigenvalue weighted by Gasteiger charge is 2.52. The summed E-state index contributed by atoms with van der Waals surface area (Å²) < 4.78 is 43.6. The summed E-state index contributed by atoms with van der Waals surface area (Å²) >= 11 is 0. The summed E-state index contributed by atoms with van der Waals surface area (Å²) in [6.07, 6.45) is -3.56. The van der Waals surface area contributed by atoms with Crippen LogP contribution in [0.1, 0.15) is 20.3 Å². The molecular weight excluding hydrogens is 275 g/mol. The van der Waals surface area contributed by atoms with Gasteiger partial charge in [0.05, 0.1) is 18.4 Å². The molecule has 1 aliphatic rings. The van der Waals surface area contributed by atoms with E-state index in [2.05, 4.69) is 13.8 Å². The van der Waals surface area contributed by atoms with E-state index in [1.807, 2.05) is 0 Å². The topological polar surface area (TPSA) is 49.8 Å². The molecule has 0 radical (unpaired) electrons. The lowest BCUT2D eigenvalue weighted by molar-refractivity contribution is -0.188. The van der Waals surface area contributed by atoms with Crippen molar-refractivity contribution in [1.82, 2.24) is 4.90 Å². The number of aliphatic carboxylic acids is 1. The van der Waals surface area contributed by atoms with Gasteiger partial charge in [0, 0.05) is 26.2 Å². The zero-order valence-electron chi connectivity index (χ0n) is 11.8. The van der Waals surface area contributed by atoms with Gasteiger partial charge in [-0.25, -0.2) is 0 Å². The summed E-state index contributed by atoms with van der Waals surface area (Å²) in [5.41, 5.74) is 0. The van der Waals surface area contributed by atoms with Crippen LogP contribution in [0.5, 0.6) is 0 Å². The Morgan fingerprint density at radius 3 is 2.45 bits per heavy atom. The number of ether oxygens (including phenoxy) is 1. The van der Waals surface area contributed by atoms with Crippen molar-refractivity contribution in [3.8, 4) is 0 Å². The van der Waals surface area contributed by atoms with E-state index < -0.39 is 24.0 Å². The number of carboxylic acids is 1. The van der Waals surface area contributed by atoms with Gasteiger partial charge in [-0.2, -0.15) is 13.2 Å². The number of hydrogen-bond acceptors (Lipinski definition) is 3. The normalized spacial score (nSPS) is 24.5. The second-order valence-corrected chi connectivity index (χ2v) is 5.65. The van der Waals surface area contributed by atoms with Gasteiger partial charge < -0.3 is 9.84 Å². The lowest BCUT2D eigenvalue weighted by atomic mass is 9.96. The Labute approximate surface area is 116 Å². The second kappa shape index (κ2) is 7.26. The van der Waals surface area contributed by atoms with Crippen LogP contribution in [0.2, 0.25) is 0 Å². The Kier molecular flexibility index (Phi) is 6.26. The van der Waals surface area contributed by atoms with E-state index in [1.54, 1.807) is 0 Å². The van der Waals surface area contributed by atoms with Crippen LogP contribution in [0.4, 0.5) is 13.2 Å². The SMILES string of the molecule is CC(C)CCOCCN1C[C@@H](C(F)(F)F)[C@H](C(=O)O)C1. The molecular formula is C13H22F3NO3. The highest BCUT2D eigenvalue weighted by atomic mass is 19.4. The van der Waals surface area contributed by atoms with E-state index in [4.69, 9.17) is 9.84 Å². The highest BCUT2D eigenvalue weighted by molar-refractivity contribution is 5.71. The fourth-order valence-electron chi connectivity index (χ4n) is 2.26. The van der Waals surface area contributed by atoms with Gasteiger partial charge in [-0.15, -0.1) is 0 Å². The van der Waals surface area contributed by atoms with Gasteiger partial charge in [0.15, 0.2) is 0 Å². The van der Waals surface area contributed by atoms with Crippen LogP contribution in [-0.4, -0.2) is 55.0 Å². The van der Waals surface area contributed by atoms with Crippen LogP contribution >= 0.6 is 0 Å². The molecule has 0 unspecified atom stereocenters. The maximum atomic E-state index is 12.8. The first-order valence-corrected chi connectivity index (χ1v) is 6.81. The first-order chi connectivity index (χ1) is 9.21. The number of carbonyl (C=O) groups is 1. The third-order valence-electron chi connectivity index (χ3n) is 3.52. The zero-order chi connectivity index (χ0) is 15.3. The number of halogens is 3. The fraction of sp³-hybridized carbons (Fsp3) is 0.923. The number of rotatable bonds is 7. The Bertz CT molecular complexity index is 320. The number of likely N-dealkylation sites (tertiary alicyclic amines) is 1. The van der Waals surface area contributed by atoms with Gasteiger partial charge in [0.1, 0.15) is 0 Å². The average Bonchev–Trinajstić information content (AvgIpc) is 2.72. The summed E-state index contributed by atoms with van der Waals surface area (Å²) in [4.78, 5) is 12.4. The molecule has 1 fully saturated rings. The standard InChI is InChI=1S/C13H22F3NO3/c1-9(2)3-5-20-6-4-17-7-10(12(18)19)11(8-17)13(14,15)16/h9-11H,3-8H2,1-2H3,(H,18,19)/t10-,11-/m1/s1. The molecule has 0 amide bonds. The van der Waals surface area contributed by atoms with Crippen LogP contribution in [0.3, 0.4) is 0 Å². The van der Waals surface area contributed by atoms with E-state index >= 15 is 0 Å². The minimum absolute atomic E-state index is 0.0624. The van der Waals surface area contributed by atoms with Crippen molar-refractivity contribution in [1.29, 1.82) is 0 Å². The first kappa shape index (κ1) is 17.2. The molecule has 0 saturated carbocycles. The van der Waals surface area contributed by atoms with Gasteiger partial charge in [-0.1, -0.05) is 13.8 Å². The molecule has 0 aliphatic carbocycles. The Morgan fingerprint density at radius 2 is 2.00 bits per heavy atom. The van der Waals surface area contributed by atoms with E-state index in [0.29, 0.717) is 25.7 Å². The number of carboxylic acid groups (broad SMARTS) is 1. The van der Waals surface area contributed by atoms with E-state index in [0.717, 1.165) is 6.42 Å². The number of nitrogens with zero attached hydrogens (tertiary/aromatic N) is 1. The molecule has 7 heteroatoms. The molecule has 20 heavy (non-hydrogen) atoms. The van der Waals surface area contributed by atoms with Crippen molar-refractivity contribution in [2.75, 3.05) is 32.8 Å². The molecule has 2 atom stereocenters. The smallest absolute Gasteiger partial charge is 0.393 e. The largest absolute Gasteiger partial charge is 0.481 e. The fourth-order valence-corrected chi connectivity index (χ4v) is 2.26. The third-order valence-corrected chi connectivity index (χ3v) is 3.52. The maximum Gasteiger partial charge on any atom is 0.393 e. The van der Waals surface area contributed by atoms with E-state index in [9.17, 15) is 18.0 Å². The van der Waals surface area contributed by atoms with Gasteiger partial charge >= 0.3 is 12.1 Å². The predicted octanol–water partition coefficient (Wildman–Crippen LogP) is 2.24. The molecule has 118 valence electrons. The van der Waals surface area contributed by atoms with Gasteiger partial charge in [0.2, 0.25) is 0 Å². The summed E-state index contributed by atoms with van der Waals surface area (Å²) in [6.45, 7) is 5.07. The molecule has 0 aromatic rings. The highest BCUT2D eigenvalue weighted by Crippen LogP contribution is 2.37. The molecule has 1 saturated heterocycles. The summed E-state index contributed by atoms with van der Waals surface area (Å²) in [6, 6.07) is 0. The lowest BCUT2D eigenvalue weighted by Crippen LogP contribution is -2.33. The monoisotopic (exact) mass is 297 g/mol. The minimum Gasteiger partial charge on any atom is -0.481 e. The number of hydrogen-bond donors (Lipinski definition) is 1. The lowest BCUT2D eigenvalue weighted by Gasteiger charge is -2.18. The Morgan fingerprint density at radius 1 is 1.35 bits per heavy atom. The predicted molar refractivity (Wildman–Crippen MR) is 67.4 cm³/mol. The third kappa shape index (κ3) is 5.28. The summed E-state index contributed by atoms with van der Waals surface area (Å²) in [5, 5.41) is 8.88. The maximum absolute atomic E-state index is 12.8. The second-order valence-electron chi connectivity index (χ2n) is 5.65. The van der Waals surface area contributed by atoms with E-state index in [-0.39, 0.29) is 13.1 Å². The summed E-state index contributed by atoms with van der Waals surface area (Å²) in [5.74, 6) is -4.01. The van der Waals surface area contributed by atoms with Crippen LogP contribution in [0.25, 0.3) is 0 Å². The van der Waals surface area contributed by atoms with Gasteiger partial charge in [0.25, 0.3) is 0 Å². The quantitative estimate of drug-likeness (QED) is 0.732. The number of alkyl halides is 3.